The summed E-state index contributed by atoms with van der Waals surface area (Å²) >= 11 is 0. The zero-order valence-corrected chi connectivity index (χ0v) is 17.5. The minimum absolute atomic E-state index is 0.0386. The minimum atomic E-state index is -0.334. The van der Waals surface area contributed by atoms with Crippen molar-refractivity contribution in [2.24, 2.45) is 5.10 Å². The minimum Gasteiger partial charge on any atom is -0.507 e. The van der Waals surface area contributed by atoms with E-state index in [1.54, 1.807) is 43.3 Å². The Morgan fingerprint density at radius 3 is 2.69 bits per heavy atom. The Bertz CT molecular complexity index is 1360. The molecule has 0 atom stereocenters. The molecule has 0 unspecified atom stereocenters. The molecule has 7 nitrogen and oxygen atoms in total. The van der Waals surface area contributed by atoms with E-state index in [-0.39, 0.29) is 17.9 Å². The molecule has 0 spiro atoms. The molecule has 2 N–H and O–H groups in total. The van der Waals surface area contributed by atoms with Crippen LogP contribution in [0, 0.1) is 6.92 Å². The molecule has 3 aromatic carbocycles. The lowest BCUT2D eigenvalue weighted by Crippen LogP contribution is -2.24. The average Bonchev–Trinajstić information content (AvgIpc) is 2.82. The number of nitrogens with one attached hydrogen (secondary N) is 1. The highest BCUT2D eigenvalue weighted by Gasteiger charge is 2.11. The highest BCUT2D eigenvalue weighted by atomic mass is 16.6. The number of rotatable bonds is 7. The van der Waals surface area contributed by atoms with Gasteiger partial charge in [0.05, 0.1) is 22.8 Å². The first kappa shape index (κ1) is 21.0. The van der Waals surface area contributed by atoms with Crippen molar-refractivity contribution < 1.29 is 9.94 Å². The second-order valence-electron chi connectivity index (χ2n) is 7.15. The number of hydrogen-bond acceptors (Lipinski definition) is 6. The van der Waals surface area contributed by atoms with Gasteiger partial charge < -0.3 is 5.11 Å². The van der Waals surface area contributed by atoms with E-state index >= 15 is 0 Å². The molecule has 4 aromatic rings. The molecular weight excluding hydrogens is 404 g/mol. The summed E-state index contributed by atoms with van der Waals surface area (Å²) in [5.41, 5.74) is 5.66. The lowest BCUT2D eigenvalue weighted by Gasteiger charge is -2.12. The zero-order chi connectivity index (χ0) is 22.5. The number of phenolic OH excluding ortho intramolecular Hbond substituents is 1. The zero-order valence-electron chi connectivity index (χ0n) is 17.5. The van der Waals surface area contributed by atoms with E-state index in [1.807, 2.05) is 36.4 Å². The molecular formula is C25H22N4O3. The molecule has 32 heavy (non-hydrogen) atoms. The Balaban J connectivity index is 1.65. The summed E-state index contributed by atoms with van der Waals surface area (Å²) in [5.74, 6) is 0.405. The van der Waals surface area contributed by atoms with Crippen LogP contribution < -0.4 is 11.0 Å². The summed E-state index contributed by atoms with van der Waals surface area (Å²) in [6.07, 6.45) is 1.43. The van der Waals surface area contributed by atoms with Gasteiger partial charge in [-0.2, -0.15) is 9.78 Å². The van der Waals surface area contributed by atoms with Gasteiger partial charge in [0, 0.05) is 5.56 Å². The van der Waals surface area contributed by atoms with Crippen molar-refractivity contribution >= 4 is 22.8 Å². The average molecular weight is 426 g/mol. The summed E-state index contributed by atoms with van der Waals surface area (Å²) in [7, 11) is 0. The van der Waals surface area contributed by atoms with Crippen LogP contribution in [0.4, 0.5) is 0 Å². The summed E-state index contributed by atoms with van der Waals surface area (Å²) in [5, 5.41) is 15.0. The molecule has 7 heteroatoms. The quantitative estimate of drug-likeness (QED) is 0.345. The fraction of sp³-hybridized carbons (Fsp3) is 0.0800. The number of benzene rings is 3. The van der Waals surface area contributed by atoms with E-state index < -0.39 is 0 Å². The SMILES string of the molecule is C=C(NOCc1nc2ccccc2c(=O)n1/N=C/c1cccc(C)c1O)c1ccccc1. The lowest BCUT2D eigenvalue weighted by atomic mass is 10.1. The van der Waals surface area contributed by atoms with Crippen molar-refractivity contribution in [3.05, 3.63) is 112 Å². The lowest BCUT2D eigenvalue weighted by molar-refractivity contribution is 0.0581. The molecule has 1 heterocycles. The van der Waals surface area contributed by atoms with E-state index in [9.17, 15) is 9.90 Å². The Morgan fingerprint density at radius 1 is 1.12 bits per heavy atom. The first-order valence-electron chi connectivity index (χ1n) is 10.0. The molecule has 0 saturated heterocycles. The summed E-state index contributed by atoms with van der Waals surface area (Å²) in [4.78, 5) is 23.2. The van der Waals surface area contributed by atoms with Gasteiger partial charge >= 0.3 is 0 Å². The summed E-state index contributed by atoms with van der Waals surface area (Å²) < 4.78 is 1.18. The number of para-hydroxylation sites is 2. The van der Waals surface area contributed by atoms with Crippen molar-refractivity contribution in [3.63, 3.8) is 0 Å². The van der Waals surface area contributed by atoms with E-state index in [0.717, 1.165) is 5.56 Å². The van der Waals surface area contributed by atoms with E-state index in [1.165, 1.54) is 10.9 Å². The van der Waals surface area contributed by atoms with Crippen LogP contribution in [-0.4, -0.2) is 21.0 Å². The first-order chi connectivity index (χ1) is 15.5. The third-order valence-electron chi connectivity index (χ3n) is 4.92. The molecule has 0 fully saturated rings. The molecule has 4 rings (SSSR count). The van der Waals surface area contributed by atoms with Crippen molar-refractivity contribution in [3.8, 4) is 5.75 Å². The van der Waals surface area contributed by atoms with Gasteiger partial charge in [-0.05, 0) is 36.2 Å². The van der Waals surface area contributed by atoms with Crippen LogP contribution in [0.25, 0.3) is 16.6 Å². The summed E-state index contributed by atoms with van der Waals surface area (Å²) in [6.45, 7) is 5.71. The molecule has 0 amide bonds. The topological polar surface area (TPSA) is 88.7 Å². The number of hydroxylamine groups is 1. The Hall–Kier alpha value is -4.23. The molecule has 0 radical (unpaired) electrons. The monoisotopic (exact) mass is 426 g/mol. The number of hydrogen-bond donors (Lipinski definition) is 2. The third-order valence-corrected chi connectivity index (χ3v) is 4.92. The number of aromatic hydroxyl groups is 1. The maximum Gasteiger partial charge on any atom is 0.282 e. The van der Waals surface area contributed by atoms with Crippen LogP contribution in [0.15, 0.2) is 89.3 Å². The van der Waals surface area contributed by atoms with E-state index in [0.29, 0.717) is 33.6 Å². The van der Waals surface area contributed by atoms with Gasteiger partial charge in [0.15, 0.2) is 5.82 Å². The molecule has 0 saturated carbocycles. The fourth-order valence-electron chi connectivity index (χ4n) is 3.17. The predicted molar refractivity (Wildman–Crippen MR) is 125 cm³/mol. The third kappa shape index (κ3) is 4.43. The van der Waals surface area contributed by atoms with Gasteiger partial charge in [-0.1, -0.05) is 61.2 Å². The standard InChI is InChI=1S/C25H22N4O3/c1-17-9-8-12-20(24(17)30)15-26-29-23(27-22-14-7-6-13-21(22)25(29)31)16-32-28-18(2)19-10-4-3-5-11-19/h3-15,28,30H,2,16H2,1H3/b26-15+. The van der Waals surface area contributed by atoms with Crippen LogP contribution in [0.3, 0.4) is 0 Å². The van der Waals surface area contributed by atoms with E-state index in [2.05, 4.69) is 22.1 Å². The molecule has 1 aromatic heterocycles. The second kappa shape index (κ2) is 9.28. The molecule has 160 valence electrons. The van der Waals surface area contributed by atoms with Crippen LogP contribution in [0.1, 0.15) is 22.5 Å². The highest BCUT2D eigenvalue weighted by Crippen LogP contribution is 2.19. The van der Waals surface area contributed by atoms with Gasteiger partial charge in [-0.25, -0.2) is 4.98 Å². The highest BCUT2D eigenvalue weighted by molar-refractivity contribution is 5.84. The van der Waals surface area contributed by atoms with Crippen LogP contribution in [-0.2, 0) is 11.4 Å². The Kier molecular flexibility index (Phi) is 6.10. The Morgan fingerprint density at radius 2 is 1.88 bits per heavy atom. The molecule has 0 aliphatic rings. The van der Waals surface area contributed by atoms with Crippen molar-refractivity contribution in [2.45, 2.75) is 13.5 Å². The van der Waals surface area contributed by atoms with Gasteiger partial charge in [-0.3, -0.25) is 15.1 Å². The van der Waals surface area contributed by atoms with Gasteiger partial charge in [0.2, 0.25) is 0 Å². The van der Waals surface area contributed by atoms with Gasteiger partial charge in [0.1, 0.15) is 12.4 Å². The van der Waals surface area contributed by atoms with Gasteiger partial charge in [0.25, 0.3) is 5.56 Å². The Labute approximate surface area is 184 Å². The molecule has 0 aliphatic carbocycles. The molecule has 0 aliphatic heterocycles. The maximum absolute atomic E-state index is 13.1. The van der Waals surface area contributed by atoms with Gasteiger partial charge in [-0.15, -0.1) is 0 Å². The van der Waals surface area contributed by atoms with Crippen molar-refractivity contribution in [2.75, 3.05) is 0 Å². The number of aryl methyl sites for hydroxylation is 1. The summed E-state index contributed by atoms with van der Waals surface area (Å²) in [6, 6.07) is 21.9. The molecule has 0 bridgehead atoms. The predicted octanol–water partition coefficient (Wildman–Crippen LogP) is 3.98. The van der Waals surface area contributed by atoms with Crippen molar-refractivity contribution in [1.29, 1.82) is 0 Å². The number of phenols is 1. The number of aromatic nitrogens is 2. The van der Waals surface area contributed by atoms with Crippen LogP contribution >= 0.6 is 0 Å². The first-order valence-corrected chi connectivity index (χ1v) is 10.0. The van der Waals surface area contributed by atoms with E-state index in [4.69, 9.17) is 4.84 Å². The maximum atomic E-state index is 13.1. The van der Waals surface area contributed by atoms with Crippen molar-refractivity contribution in [1.82, 2.24) is 15.1 Å². The second-order valence-corrected chi connectivity index (χ2v) is 7.15. The smallest absolute Gasteiger partial charge is 0.282 e. The van der Waals surface area contributed by atoms with Crippen LogP contribution in [0.5, 0.6) is 5.75 Å². The fourth-order valence-corrected chi connectivity index (χ4v) is 3.17. The normalized spacial score (nSPS) is 11.2. The van der Waals surface area contributed by atoms with Crippen LogP contribution in [0.2, 0.25) is 0 Å². The number of nitrogens with zero attached hydrogens (tertiary/aromatic N) is 3. The largest absolute Gasteiger partial charge is 0.507 e. The number of fused-ring (bicyclic) bond motifs is 1.